The van der Waals surface area contributed by atoms with Crippen molar-refractivity contribution in [2.45, 2.75) is 64.7 Å². The van der Waals surface area contributed by atoms with Crippen LogP contribution in [0.15, 0.2) is 27.8 Å². The van der Waals surface area contributed by atoms with Crippen molar-refractivity contribution in [2.75, 3.05) is 40.3 Å². The second-order valence-corrected chi connectivity index (χ2v) is 10.3. The van der Waals surface area contributed by atoms with Gasteiger partial charge < -0.3 is 14.6 Å². The van der Waals surface area contributed by atoms with Crippen molar-refractivity contribution in [1.29, 1.82) is 5.26 Å². The standard InChI is InChI=1S/C26H33N3O2.C2H7N/c1-18-25(30-17-20-5-6-20)10-8-23-24(28-31-26(18)23)9-7-19-11-13-29(14-12-19)16-22-4-2-3-21(22)15-27;1-3-2/h8,10,19-20H,2-7,9,11-14,16-17H2,1H3;3H,1-2H3. The number of piperidine rings is 1. The molecule has 1 aliphatic heterocycles. The van der Waals surface area contributed by atoms with Crippen molar-refractivity contribution in [2.24, 2.45) is 11.8 Å². The minimum Gasteiger partial charge on any atom is -0.493 e. The predicted molar refractivity (Wildman–Crippen MR) is 136 cm³/mol. The van der Waals surface area contributed by atoms with E-state index >= 15 is 0 Å². The lowest BCUT2D eigenvalue weighted by Crippen LogP contribution is -2.35. The molecule has 0 amide bonds. The van der Waals surface area contributed by atoms with Gasteiger partial charge in [0.2, 0.25) is 0 Å². The summed E-state index contributed by atoms with van der Waals surface area (Å²) >= 11 is 0. The molecular formula is C28H40N4O2. The van der Waals surface area contributed by atoms with Crippen molar-refractivity contribution < 1.29 is 9.26 Å². The minimum absolute atomic E-state index is 0.745. The molecule has 0 unspecified atom stereocenters. The van der Waals surface area contributed by atoms with Crippen LogP contribution in [-0.4, -0.2) is 50.4 Å². The molecule has 0 spiro atoms. The van der Waals surface area contributed by atoms with Crippen LogP contribution in [0.4, 0.5) is 0 Å². The first kappa shape index (κ1) is 24.8. The minimum atomic E-state index is 0.745. The molecule has 1 aromatic carbocycles. The highest BCUT2D eigenvalue weighted by atomic mass is 16.5. The van der Waals surface area contributed by atoms with E-state index in [2.05, 4.69) is 40.5 Å². The largest absolute Gasteiger partial charge is 0.493 e. The van der Waals surface area contributed by atoms with Gasteiger partial charge in [0.05, 0.1) is 18.4 Å². The number of aryl methyl sites for hydroxylation is 2. The molecule has 1 aromatic heterocycles. The van der Waals surface area contributed by atoms with Crippen LogP contribution in [0.1, 0.15) is 62.6 Å². The van der Waals surface area contributed by atoms with Crippen LogP contribution in [0, 0.1) is 30.1 Å². The van der Waals surface area contributed by atoms with Crippen molar-refractivity contribution in [1.82, 2.24) is 15.4 Å². The third kappa shape index (κ3) is 6.20. The van der Waals surface area contributed by atoms with Crippen LogP contribution in [0.2, 0.25) is 0 Å². The molecule has 2 fully saturated rings. The van der Waals surface area contributed by atoms with Gasteiger partial charge in [-0.15, -0.1) is 0 Å². The molecule has 5 rings (SSSR count). The first-order valence-corrected chi connectivity index (χ1v) is 13.0. The van der Waals surface area contributed by atoms with Crippen LogP contribution < -0.4 is 10.1 Å². The molecular weight excluding hydrogens is 424 g/mol. The third-order valence-electron chi connectivity index (χ3n) is 7.46. The summed E-state index contributed by atoms with van der Waals surface area (Å²) in [6.45, 7) is 6.20. The van der Waals surface area contributed by atoms with E-state index < -0.39 is 0 Å². The second kappa shape index (κ2) is 11.9. The van der Waals surface area contributed by atoms with E-state index in [0.29, 0.717) is 0 Å². The third-order valence-corrected chi connectivity index (χ3v) is 7.46. The SMILES string of the molecule is CNC.Cc1c(OCC2CC2)ccc2c(CCC3CCN(CC4=C(C#N)CCC4)CC3)noc12. The number of hydrogen-bond acceptors (Lipinski definition) is 6. The lowest BCUT2D eigenvalue weighted by Gasteiger charge is -2.32. The summed E-state index contributed by atoms with van der Waals surface area (Å²) in [5, 5.41) is 17.6. The molecule has 2 aliphatic carbocycles. The highest BCUT2D eigenvalue weighted by Crippen LogP contribution is 2.34. The topological polar surface area (TPSA) is 74.3 Å². The lowest BCUT2D eigenvalue weighted by atomic mass is 9.90. The Hall–Kier alpha value is -2.36. The van der Waals surface area contributed by atoms with Gasteiger partial charge in [-0.05, 0) is 121 Å². The molecule has 184 valence electrons. The number of allylic oxidation sites excluding steroid dienone is 1. The van der Waals surface area contributed by atoms with E-state index in [1.807, 2.05) is 14.1 Å². The molecule has 0 atom stereocenters. The number of likely N-dealkylation sites (tertiary alicyclic amines) is 1. The molecule has 2 heterocycles. The highest BCUT2D eigenvalue weighted by molar-refractivity contribution is 5.84. The van der Waals surface area contributed by atoms with Crippen LogP contribution in [-0.2, 0) is 6.42 Å². The summed E-state index contributed by atoms with van der Waals surface area (Å²) < 4.78 is 11.7. The van der Waals surface area contributed by atoms with Crippen molar-refractivity contribution in [3.05, 3.63) is 34.5 Å². The maximum Gasteiger partial charge on any atom is 0.173 e. The molecule has 2 aromatic rings. The van der Waals surface area contributed by atoms with Crippen molar-refractivity contribution in [3.63, 3.8) is 0 Å². The van der Waals surface area contributed by atoms with Crippen molar-refractivity contribution >= 4 is 11.0 Å². The fourth-order valence-electron chi connectivity index (χ4n) is 5.16. The van der Waals surface area contributed by atoms with Gasteiger partial charge >= 0.3 is 0 Å². The monoisotopic (exact) mass is 464 g/mol. The number of fused-ring (bicyclic) bond motifs is 1. The number of nitrogens with zero attached hydrogens (tertiary/aromatic N) is 3. The van der Waals surface area contributed by atoms with Gasteiger partial charge in [-0.3, -0.25) is 4.90 Å². The molecule has 0 bridgehead atoms. The van der Waals surface area contributed by atoms with Gasteiger partial charge in [0, 0.05) is 23.1 Å². The zero-order valence-corrected chi connectivity index (χ0v) is 21.2. The summed E-state index contributed by atoms with van der Waals surface area (Å²) in [7, 11) is 3.75. The van der Waals surface area contributed by atoms with Crippen molar-refractivity contribution in [3.8, 4) is 11.8 Å². The summed E-state index contributed by atoms with van der Waals surface area (Å²) in [6, 6.07) is 6.63. The zero-order chi connectivity index (χ0) is 23.9. The molecule has 3 aliphatic rings. The Labute approximate surface area is 204 Å². The number of benzene rings is 1. The number of nitriles is 1. The number of hydrogen-bond donors (Lipinski definition) is 1. The van der Waals surface area contributed by atoms with Gasteiger partial charge in [-0.25, -0.2) is 0 Å². The Morgan fingerprint density at radius 3 is 2.62 bits per heavy atom. The highest BCUT2D eigenvalue weighted by Gasteiger charge is 2.24. The molecule has 1 saturated heterocycles. The maximum atomic E-state index is 9.28. The average Bonchev–Trinajstić information content (AvgIpc) is 3.41. The van der Waals surface area contributed by atoms with Crippen LogP contribution in [0.25, 0.3) is 11.0 Å². The number of rotatable bonds is 8. The molecule has 34 heavy (non-hydrogen) atoms. The Bertz CT molecular complexity index is 1020. The Kier molecular flexibility index (Phi) is 8.64. The average molecular weight is 465 g/mol. The molecule has 6 nitrogen and oxygen atoms in total. The number of aromatic nitrogens is 1. The fourth-order valence-corrected chi connectivity index (χ4v) is 5.16. The molecule has 6 heteroatoms. The fraction of sp³-hybridized carbons (Fsp3) is 0.643. The van der Waals surface area contributed by atoms with Crippen LogP contribution in [0.3, 0.4) is 0 Å². The Balaban J connectivity index is 0.000000868. The molecule has 1 N–H and O–H groups in total. The maximum absolute atomic E-state index is 9.28. The Morgan fingerprint density at radius 1 is 1.15 bits per heavy atom. The number of ether oxygens (including phenoxy) is 1. The summed E-state index contributed by atoms with van der Waals surface area (Å²) in [5.41, 5.74) is 5.49. The van der Waals surface area contributed by atoms with E-state index in [4.69, 9.17) is 9.26 Å². The van der Waals surface area contributed by atoms with E-state index in [1.165, 1.54) is 37.7 Å². The smallest absolute Gasteiger partial charge is 0.173 e. The second-order valence-electron chi connectivity index (χ2n) is 10.3. The molecule has 1 saturated carbocycles. The zero-order valence-electron chi connectivity index (χ0n) is 21.2. The first-order chi connectivity index (χ1) is 16.6. The van der Waals surface area contributed by atoms with E-state index in [1.54, 1.807) is 0 Å². The molecule has 0 radical (unpaired) electrons. The van der Waals surface area contributed by atoms with Gasteiger partial charge in [-0.2, -0.15) is 5.26 Å². The quantitative estimate of drug-likeness (QED) is 0.563. The lowest BCUT2D eigenvalue weighted by molar-refractivity contribution is 0.190. The summed E-state index contributed by atoms with van der Waals surface area (Å²) in [4.78, 5) is 2.55. The number of nitrogens with one attached hydrogen (secondary N) is 1. The Morgan fingerprint density at radius 2 is 1.91 bits per heavy atom. The van der Waals surface area contributed by atoms with Gasteiger partial charge in [0.1, 0.15) is 5.75 Å². The van der Waals surface area contributed by atoms with Crippen LogP contribution in [0.5, 0.6) is 5.75 Å². The van der Waals surface area contributed by atoms with Gasteiger partial charge in [-0.1, -0.05) is 5.16 Å². The summed E-state index contributed by atoms with van der Waals surface area (Å²) in [6.07, 6.45) is 10.5. The van der Waals surface area contributed by atoms with Crippen LogP contribution >= 0.6 is 0 Å². The first-order valence-electron chi connectivity index (χ1n) is 13.0. The predicted octanol–water partition coefficient (Wildman–Crippen LogP) is 5.41. The van der Waals surface area contributed by atoms with Gasteiger partial charge in [0.25, 0.3) is 0 Å². The van der Waals surface area contributed by atoms with Gasteiger partial charge in [0.15, 0.2) is 5.58 Å². The summed E-state index contributed by atoms with van der Waals surface area (Å²) in [5.74, 6) is 2.43. The van der Waals surface area contributed by atoms with E-state index in [9.17, 15) is 5.26 Å². The van der Waals surface area contributed by atoms with E-state index in [-0.39, 0.29) is 0 Å². The normalized spacial score (nSPS) is 19.2. The van der Waals surface area contributed by atoms with E-state index in [0.717, 1.165) is 97.3 Å².